The van der Waals surface area contributed by atoms with E-state index >= 15 is 0 Å². The van der Waals surface area contributed by atoms with Gasteiger partial charge >= 0.3 is 6.55 Å². The number of imidazole rings is 1. The molecule has 0 aliphatic heterocycles. The fourth-order valence-electron chi connectivity index (χ4n) is 2.94. The molecule has 0 bridgehead atoms. The van der Waals surface area contributed by atoms with Crippen LogP contribution in [0.5, 0.6) is 0 Å². The predicted molar refractivity (Wildman–Crippen MR) is 105 cm³/mol. The summed E-state index contributed by atoms with van der Waals surface area (Å²) in [5.74, 6) is -0.150. The molecule has 1 aromatic heterocycles. The maximum absolute atomic E-state index is 13.0. The quantitative estimate of drug-likeness (QED) is 0.657. The summed E-state index contributed by atoms with van der Waals surface area (Å²) in [6, 6.07) is 13.1. The summed E-state index contributed by atoms with van der Waals surface area (Å²) in [6.45, 7) is 1.32. The van der Waals surface area contributed by atoms with Crippen molar-refractivity contribution in [2.45, 2.75) is 26.9 Å². The lowest BCUT2D eigenvalue weighted by Crippen LogP contribution is -2.28. The van der Waals surface area contributed by atoms with Crippen LogP contribution in [0.1, 0.15) is 33.9 Å². The van der Waals surface area contributed by atoms with E-state index in [1.807, 2.05) is 44.2 Å². The Morgan fingerprint density at radius 1 is 1.14 bits per heavy atom. The third-order valence-electron chi connectivity index (χ3n) is 4.72. The van der Waals surface area contributed by atoms with Crippen molar-refractivity contribution in [2.75, 3.05) is 12.4 Å². The molecule has 0 atom stereocenters. The number of hydrogen-bond donors (Lipinski definition) is 1. The molecule has 5 nitrogen and oxygen atoms in total. The highest BCUT2D eigenvalue weighted by Crippen LogP contribution is 2.26. The lowest BCUT2D eigenvalue weighted by atomic mass is 10.1. The third-order valence-corrected chi connectivity index (χ3v) is 4.72. The maximum Gasteiger partial charge on any atom is 0.319 e. The zero-order valence-corrected chi connectivity index (χ0v) is 16.0. The van der Waals surface area contributed by atoms with Crippen molar-refractivity contribution in [3.63, 3.8) is 0 Å². The van der Waals surface area contributed by atoms with Crippen LogP contribution in [0.25, 0.3) is 0 Å². The zero-order valence-electron chi connectivity index (χ0n) is 16.0. The van der Waals surface area contributed by atoms with E-state index < -0.39 is 6.55 Å². The first kappa shape index (κ1) is 19.5. The minimum atomic E-state index is -2.70. The normalized spacial score (nSPS) is 10.9. The second-order valence-corrected chi connectivity index (χ2v) is 6.61. The van der Waals surface area contributed by atoms with Gasteiger partial charge in [-0.2, -0.15) is 8.78 Å². The fourth-order valence-corrected chi connectivity index (χ4v) is 2.94. The highest BCUT2D eigenvalue weighted by atomic mass is 19.3. The van der Waals surface area contributed by atoms with E-state index in [2.05, 4.69) is 10.3 Å². The molecule has 2 aromatic carbocycles. The van der Waals surface area contributed by atoms with Crippen LogP contribution in [-0.4, -0.2) is 27.4 Å². The number of anilines is 2. The number of alkyl halides is 2. The molecule has 146 valence electrons. The van der Waals surface area contributed by atoms with Crippen molar-refractivity contribution in [3.8, 4) is 0 Å². The van der Waals surface area contributed by atoms with Crippen molar-refractivity contribution in [2.24, 2.45) is 0 Å². The molecular formula is C21H22F2N4O. The Balaban J connectivity index is 1.84. The molecule has 7 heteroatoms. The van der Waals surface area contributed by atoms with Gasteiger partial charge in [-0.05, 0) is 43.2 Å². The highest BCUT2D eigenvalue weighted by molar-refractivity contribution is 6.00. The minimum Gasteiger partial charge on any atom is -0.355 e. The van der Waals surface area contributed by atoms with Crippen LogP contribution >= 0.6 is 0 Å². The number of rotatable bonds is 6. The van der Waals surface area contributed by atoms with Gasteiger partial charge in [0.15, 0.2) is 0 Å². The molecule has 0 aliphatic rings. The lowest BCUT2D eigenvalue weighted by molar-refractivity contribution is 0.0612. The SMILES string of the molecule is Cc1cccc(Nc2ccccc2C(=O)N(C)Cc2nccn2C(F)F)c1C. The average molecular weight is 384 g/mol. The molecule has 3 rings (SSSR count). The number of hydrogen-bond acceptors (Lipinski definition) is 3. The zero-order chi connectivity index (χ0) is 20.3. The molecule has 0 radical (unpaired) electrons. The van der Waals surface area contributed by atoms with E-state index in [0.29, 0.717) is 11.3 Å². The summed E-state index contributed by atoms with van der Waals surface area (Å²) >= 11 is 0. The van der Waals surface area contributed by atoms with Gasteiger partial charge in [-0.15, -0.1) is 0 Å². The van der Waals surface area contributed by atoms with Gasteiger partial charge in [0.25, 0.3) is 5.91 Å². The first-order valence-corrected chi connectivity index (χ1v) is 8.86. The molecule has 3 aromatic rings. The van der Waals surface area contributed by atoms with E-state index in [4.69, 9.17) is 0 Å². The van der Waals surface area contributed by atoms with Crippen LogP contribution < -0.4 is 5.32 Å². The van der Waals surface area contributed by atoms with E-state index in [-0.39, 0.29) is 18.3 Å². The first-order chi connectivity index (χ1) is 13.4. The van der Waals surface area contributed by atoms with Crippen LogP contribution in [0.15, 0.2) is 54.9 Å². The first-order valence-electron chi connectivity index (χ1n) is 8.86. The average Bonchev–Trinajstić information content (AvgIpc) is 3.13. The number of amides is 1. The topological polar surface area (TPSA) is 50.2 Å². The Hall–Kier alpha value is -3.22. The van der Waals surface area contributed by atoms with Gasteiger partial charge in [-0.25, -0.2) is 4.98 Å². The summed E-state index contributed by atoms with van der Waals surface area (Å²) in [7, 11) is 1.57. The van der Waals surface area contributed by atoms with Crippen LogP contribution in [0.4, 0.5) is 20.2 Å². The molecule has 0 spiro atoms. The number of nitrogens with one attached hydrogen (secondary N) is 1. The Morgan fingerprint density at radius 3 is 2.61 bits per heavy atom. The van der Waals surface area contributed by atoms with E-state index in [9.17, 15) is 13.6 Å². The number of benzene rings is 2. The maximum atomic E-state index is 13.0. The monoisotopic (exact) mass is 384 g/mol. The summed E-state index contributed by atoms with van der Waals surface area (Å²) in [4.78, 5) is 18.3. The van der Waals surface area contributed by atoms with Crippen molar-refractivity contribution < 1.29 is 13.6 Å². The smallest absolute Gasteiger partial charge is 0.319 e. The van der Waals surface area contributed by atoms with Crippen LogP contribution in [0.3, 0.4) is 0 Å². The second-order valence-electron chi connectivity index (χ2n) is 6.61. The van der Waals surface area contributed by atoms with Crippen molar-refractivity contribution in [1.29, 1.82) is 0 Å². The molecular weight excluding hydrogens is 362 g/mol. The molecule has 28 heavy (non-hydrogen) atoms. The molecule has 0 unspecified atom stereocenters. The van der Waals surface area contributed by atoms with Crippen LogP contribution in [0.2, 0.25) is 0 Å². The standard InChI is InChI=1S/C21H22F2N4O/c1-14-7-6-10-17(15(14)2)25-18-9-5-4-8-16(18)20(28)26(3)13-19-24-11-12-27(19)21(22)23/h4-12,21,25H,13H2,1-3H3. The predicted octanol–water partition coefficient (Wildman–Crippen LogP) is 4.91. The lowest BCUT2D eigenvalue weighted by Gasteiger charge is -2.20. The highest BCUT2D eigenvalue weighted by Gasteiger charge is 2.19. The van der Waals surface area contributed by atoms with Crippen molar-refractivity contribution >= 4 is 17.3 Å². The Kier molecular flexibility index (Phi) is 5.73. The van der Waals surface area contributed by atoms with Crippen LogP contribution in [0, 0.1) is 13.8 Å². The number of carbonyl (C=O) groups excluding carboxylic acids is 1. The summed E-state index contributed by atoms with van der Waals surface area (Å²) in [5, 5.41) is 3.32. The van der Waals surface area contributed by atoms with Gasteiger partial charge in [0.05, 0.1) is 17.8 Å². The summed E-state index contributed by atoms with van der Waals surface area (Å²) in [6.07, 6.45) is 2.50. The van der Waals surface area contributed by atoms with Gasteiger partial charge in [-0.3, -0.25) is 9.36 Å². The fraction of sp³-hybridized carbons (Fsp3) is 0.238. The largest absolute Gasteiger partial charge is 0.355 e. The Labute approximate surface area is 162 Å². The summed E-state index contributed by atoms with van der Waals surface area (Å²) in [5.41, 5.74) is 4.27. The molecule has 1 amide bonds. The Morgan fingerprint density at radius 2 is 1.86 bits per heavy atom. The number of aryl methyl sites for hydroxylation is 1. The van der Waals surface area contributed by atoms with Gasteiger partial charge in [0, 0.05) is 25.1 Å². The van der Waals surface area contributed by atoms with E-state index in [1.165, 1.54) is 17.3 Å². The number of nitrogens with zero attached hydrogens (tertiary/aromatic N) is 3. The molecule has 0 aliphatic carbocycles. The van der Waals surface area contributed by atoms with Crippen molar-refractivity contribution in [3.05, 3.63) is 77.4 Å². The number of aromatic nitrogens is 2. The molecule has 1 heterocycles. The molecule has 0 saturated heterocycles. The minimum absolute atomic E-state index is 0.0199. The van der Waals surface area contributed by atoms with Gasteiger partial charge in [0.1, 0.15) is 5.82 Å². The van der Waals surface area contributed by atoms with Gasteiger partial charge in [0.2, 0.25) is 0 Å². The van der Waals surface area contributed by atoms with Crippen LogP contribution in [-0.2, 0) is 6.54 Å². The number of para-hydroxylation sites is 1. The van der Waals surface area contributed by atoms with E-state index in [1.54, 1.807) is 19.2 Å². The molecule has 0 fully saturated rings. The van der Waals surface area contributed by atoms with E-state index in [0.717, 1.165) is 21.4 Å². The van der Waals surface area contributed by atoms with Gasteiger partial charge < -0.3 is 10.2 Å². The Bertz CT molecular complexity index is 984. The number of halogens is 2. The van der Waals surface area contributed by atoms with Gasteiger partial charge in [-0.1, -0.05) is 24.3 Å². The number of carbonyl (C=O) groups is 1. The second kappa shape index (κ2) is 8.21. The third kappa shape index (κ3) is 4.03. The molecule has 0 saturated carbocycles. The summed E-state index contributed by atoms with van der Waals surface area (Å²) < 4.78 is 26.8. The molecule has 1 N–H and O–H groups in total. The van der Waals surface area contributed by atoms with Crippen molar-refractivity contribution in [1.82, 2.24) is 14.5 Å².